The lowest BCUT2D eigenvalue weighted by molar-refractivity contribution is 0.152. The third-order valence-corrected chi connectivity index (χ3v) is 0.633. The maximum atomic E-state index is 5.06. The van der Waals surface area contributed by atoms with Gasteiger partial charge in [-0.25, -0.2) is 0 Å². The molecule has 0 atom stereocenters. The minimum Gasteiger partial charge on any atom is -0.381 e. The molecule has 0 aromatic rings. The Kier molecular flexibility index (Phi) is 5.46. The molecule has 1 heteroatoms. The van der Waals surface area contributed by atoms with Crippen LogP contribution in [0.2, 0.25) is 0 Å². The molecule has 0 aliphatic rings. The van der Waals surface area contributed by atoms with Gasteiger partial charge in [-0.1, -0.05) is 12.7 Å². The Hall–Kier alpha value is -0.300. The Balaban J connectivity index is 2.56. The molecule has 0 saturated carbocycles. The van der Waals surface area contributed by atoms with Gasteiger partial charge in [-0.2, -0.15) is 0 Å². The predicted octanol–water partition coefficient (Wildman–Crippen LogP) is 1.40. The van der Waals surface area contributed by atoms with Gasteiger partial charge in [0.2, 0.25) is 0 Å². The molecule has 0 amide bonds. The van der Waals surface area contributed by atoms with Crippen LogP contribution in [0.1, 0.15) is 13.3 Å². The zero-order chi connectivity index (χ0) is 5.54. The Labute approximate surface area is 45.0 Å². The smallest absolute Gasteiger partial charge is 0.0500 e. The van der Waals surface area contributed by atoms with Gasteiger partial charge in [-0.3, -0.25) is 0 Å². The van der Waals surface area contributed by atoms with Crippen molar-refractivity contribution in [1.29, 1.82) is 0 Å². The summed E-state index contributed by atoms with van der Waals surface area (Å²) in [6.45, 7) is 8.58. The van der Waals surface area contributed by atoms with E-state index in [2.05, 4.69) is 0 Å². The molecule has 0 bridgehead atoms. The topological polar surface area (TPSA) is 9.23 Å². The van der Waals surface area contributed by atoms with E-state index in [9.17, 15) is 0 Å². The molecule has 0 heterocycles. The summed E-state index contributed by atoms with van der Waals surface area (Å²) in [5.74, 6) is 0. The molecule has 0 aliphatic heterocycles. The Morgan fingerprint density at radius 2 is 2.43 bits per heavy atom. The molecule has 1 radical (unpaired) electrons. The summed E-state index contributed by atoms with van der Waals surface area (Å²) < 4.78 is 4.96. The summed E-state index contributed by atoms with van der Waals surface area (Å²) in [6, 6.07) is 0. The highest BCUT2D eigenvalue weighted by Gasteiger charge is 1.75. The van der Waals surface area contributed by atoms with Gasteiger partial charge in [0.05, 0.1) is 0 Å². The first kappa shape index (κ1) is 6.70. The van der Waals surface area contributed by atoms with Gasteiger partial charge in [-0.05, 0) is 13.3 Å². The van der Waals surface area contributed by atoms with Crippen molar-refractivity contribution in [3.8, 4) is 0 Å². The fraction of sp³-hybridized carbons (Fsp3) is 0.667. The van der Waals surface area contributed by atoms with E-state index >= 15 is 0 Å². The average Bonchev–Trinajstić information content (AvgIpc) is 1.69. The van der Waals surface area contributed by atoms with E-state index in [-0.39, 0.29) is 0 Å². The van der Waals surface area contributed by atoms with Crippen LogP contribution < -0.4 is 0 Å². The minimum absolute atomic E-state index is 0.757. The van der Waals surface area contributed by atoms with Crippen molar-refractivity contribution < 1.29 is 4.74 Å². The molecule has 0 saturated heterocycles. The van der Waals surface area contributed by atoms with Crippen LogP contribution in [-0.4, -0.2) is 13.2 Å². The van der Waals surface area contributed by atoms with E-state index in [4.69, 9.17) is 11.3 Å². The van der Waals surface area contributed by atoms with Gasteiger partial charge in [0, 0.05) is 13.2 Å². The molecule has 0 aromatic heterocycles. The van der Waals surface area contributed by atoms with Crippen molar-refractivity contribution in [1.82, 2.24) is 0 Å². The summed E-state index contributed by atoms with van der Waals surface area (Å²) in [7, 11) is 0. The molecule has 0 spiro atoms. The summed E-state index contributed by atoms with van der Waals surface area (Å²) >= 11 is 0. The summed E-state index contributed by atoms with van der Waals surface area (Å²) in [4.78, 5) is 0. The van der Waals surface area contributed by atoms with Crippen LogP contribution in [0.4, 0.5) is 0 Å². The lowest BCUT2D eigenvalue weighted by Gasteiger charge is -1.92. The maximum absolute atomic E-state index is 5.06. The van der Waals surface area contributed by atoms with E-state index in [1.807, 2.05) is 6.92 Å². The molecule has 0 N–H and O–H groups in total. The van der Waals surface area contributed by atoms with Crippen molar-refractivity contribution >= 4 is 0 Å². The van der Waals surface area contributed by atoms with Crippen LogP contribution in [0.5, 0.6) is 0 Å². The summed E-state index contributed by atoms with van der Waals surface area (Å²) in [5.41, 5.74) is 0. The second-order valence-electron chi connectivity index (χ2n) is 1.22. The predicted molar refractivity (Wildman–Crippen MR) is 30.0 cm³/mol. The van der Waals surface area contributed by atoms with Crippen LogP contribution in [0, 0.1) is 6.58 Å². The third-order valence-electron chi connectivity index (χ3n) is 0.633. The van der Waals surface area contributed by atoms with Crippen LogP contribution in [0.25, 0.3) is 0 Å². The zero-order valence-corrected chi connectivity index (χ0v) is 4.68. The van der Waals surface area contributed by atoms with Crippen LogP contribution in [0.3, 0.4) is 0 Å². The first-order valence-electron chi connectivity index (χ1n) is 2.53. The summed E-state index contributed by atoms with van der Waals surface area (Å²) in [5, 5.41) is 0. The summed E-state index contributed by atoms with van der Waals surface area (Å²) in [6.07, 6.45) is 2.46. The molecule has 0 fully saturated rings. The second-order valence-corrected chi connectivity index (χ2v) is 1.22. The van der Waals surface area contributed by atoms with E-state index in [1.54, 1.807) is 6.08 Å². The van der Waals surface area contributed by atoms with Gasteiger partial charge < -0.3 is 4.74 Å². The van der Waals surface area contributed by atoms with Crippen molar-refractivity contribution in [2.75, 3.05) is 13.2 Å². The fourth-order valence-corrected chi connectivity index (χ4v) is 0.296. The van der Waals surface area contributed by atoms with E-state index in [0.717, 1.165) is 19.6 Å². The van der Waals surface area contributed by atoms with Crippen LogP contribution in [0.15, 0.2) is 6.08 Å². The Morgan fingerprint density at radius 3 is 2.86 bits per heavy atom. The lowest BCUT2D eigenvalue weighted by Crippen LogP contribution is -1.89. The average molecular weight is 99.2 g/mol. The van der Waals surface area contributed by atoms with Crippen LogP contribution in [-0.2, 0) is 4.74 Å². The standard InChI is InChI=1S/C6H11O/c1-3-5-6-7-4-2/h1,3H,4-6H2,2H3. The molecule has 0 unspecified atom stereocenters. The highest BCUT2D eigenvalue weighted by molar-refractivity contribution is 4.59. The largest absolute Gasteiger partial charge is 0.381 e. The Morgan fingerprint density at radius 1 is 1.71 bits per heavy atom. The fourth-order valence-electron chi connectivity index (χ4n) is 0.296. The molecular formula is C6H11O. The number of hydrogen-bond donors (Lipinski definition) is 0. The highest BCUT2D eigenvalue weighted by Crippen LogP contribution is 1.79. The number of ether oxygens (including phenoxy) is 1. The molecule has 7 heavy (non-hydrogen) atoms. The van der Waals surface area contributed by atoms with Crippen molar-refractivity contribution in [2.24, 2.45) is 0 Å². The lowest BCUT2D eigenvalue weighted by atomic mass is 10.5. The Bertz CT molecular complexity index is 41.4. The highest BCUT2D eigenvalue weighted by atomic mass is 16.5. The molecular weight excluding hydrogens is 88.1 g/mol. The normalized spacial score (nSPS) is 8.71. The maximum Gasteiger partial charge on any atom is 0.0500 e. The van der Waals surface area contributed by atoms with Gasteiger partial charge >= 0.3 is 0 Å². The quantitative estimate of drug-likeness (QED) is 0.484. The third kappa shape index (κ3) is 5.70. The van der Waals surface area contributed by atoms with Gasteiger partial charge in [0.25, 0.3) is 0 Å². The van der Waals surface area contributed by atoms with Gasteiger partial charge in [-0.15, -0.1) is 0 Å². The van der Waals surface area contributed by atoms with Crippen molar-refractivity contribution in [3.05, 3.63) is 12.7 Å². The number of rotatable bonds is 4. The molecule has 1 nitrogen and oxygen atoms in total. The second kappa shape index (κ2) is 5.70. The van der Waals surface area contributed by atoms with Crippen molar-refractivity contribution in [3.63, 3.8) is 0 Å². The number of hydrogen-bond acceptors (Lipinski definition) is 1. The SMILES string of the molecule is [CH]=CCCOCC. The minimum atomic E-state index is 0.757. The van der Waals surface area contributed by atoms with E-state index in [1.165, 1.54) is 0 Å². The molecule has 0 aromatic carbocycles. The first-order valence-corrected chi connectivity index (χ1v) is 2.53. The molecule has 41 valence electrons. The first-order chi connectivity index (χ1) is 3.41. The van der Waals surface area contributed by atoms with Gasteiger partial charge in [0.15, 0.2) is 0 Å². The molecule has 0 rings (SSSR count). The van der Waals surface area contributed by atoms with Gasteiger partial charge in [0.1, 0.15) is 0 Å². The van der Waals surface area contributed by atoms with E-state index < -0.39 is 0 Å². The zero-order valence-electron chi connectivity index (χ0n) is 4.68. The molecule has 0 aliphatic carbocycles. The van der Waals surface area contributed by atoms with Crippen LogP contribution >= 0.6 is 0 Å². The monoisotopic (exact) mass is 99.1 g/mol. The van der Waals surface area contributed by atoms with E-state index in [0.29, 0.717) is 0 Å². The van der Waals surface area contributed by atoms with Crippen molar-refractivity contribution in [2.45, 2.75) is 13.3 Å².